The van der Waals surface area contributed by atoms with Crippen LogP contribution < -0.4 is 0 Å². The average Bonchev–Trinajstić information content (AvgIpc) is 1.93. The Labute approximate surface area is 76.9 Å². The molecule has 0 nitrogen and oxygen atoms in total. The number of hydrogen-bond acceptors (Lipinski definition) is 0. The van der Waals surface area contributed by atoms with E-state index < -0.39 is 0 Å². The van der Waals surface area contributed by atoms with Crippen molar-refractivity contribution in [3.05, 3.63) is 0 Å². The molecule has 3 aliphatic carbocycles. The summed E-state index contributed by atoms with van der Waals surface area (Å²) in [5, 5.41) is 0. The Bertz CT molecular complexity index is 108. The molecule has 0 saturated heterocycles. The normalized spacial score (nSPS) is 53.4. The van der Waals surface area contributed by atoms with Crippen LogP contribution in [-0.4, -0.2) is 3.42 Å². The molecule has 0 unspecified atom stereocenters. The van der Waals surface area contributed by atoms with E-state index in [2.05, 4.69) is 29.5 Å². The lowest BCUT2D eigenvalue weighted by Gasteiger charge is -2.49. The minimum Gasteiger partial charge on any atom is -0.0789 e. The van der Waals surface area contributed by atoms with Gasteiger partial charge in [0.2, 0.25) is 0 Å². The van der Waals surface area contributed by atoms with Crippen molar-refractivity contribution < 1.29 is 0 Å². The number of alkyl halides is 1. The van der Waals surface area contributed by atoms with Gasteiger partial charge in [0, 0.05) is 3.42 Å². The van der Waals surface area contributed by atoms with Crippen LogP contribution in [0.15, 0.2) is 0 Å². The van der Waals surface area contributed by atoms with Gasteiger partial charge in [-0.05, 0) is 43.9 Å². The Balaban J connectivity index is 2.16. The molecule has 3 aliphatic rings. The fourth-order valence-corrected chi connectivity index (χ4v) is 3.14. The number of fused-ring (bicyclic) bond motifs is 3. The average molecular weight is 250 g/mol. The van der Waals surface area contributed by atoms with Gasteiger partial charge in [-0.2, -0.15) is 0 Å². The first kappa shape index (κ1) is 7.38. The van der Waals surface area contributed by atoms with Crippen LogP contribution in [0, 0.1) is 5.41 Å². The largest absolute Gasteiger partial charge is 0.0789 e. The van der Waals surface area contributed by atoms with Crippen molar-refractivity contribution in [2.24, 2.45) is 5.41 Å². The van der Waals surface area contributed by atoms with Gasteiger partial charge in [0.1, 0.15) is 0 Å². The molecule has 2 bridgehead atoms. The molecular weight excluding hydrogens is 235 g/mol. The zero-order valence-corrected chi connectivity index (χ0v) is 8.78. The lowest BCUT2D eigenvalue weighted by molar-refractivity contribution is 0.110. The quantitative estimate of drug-likeness (QED) is 0.455. The molecule has 0 spiro atoms. The smallest absolute Gasteiger partial charge is 0.0223 e. The van der Waals surface area contributed by atoms with Gasteiger partial charge in [-0.3, -0.25) is 0 Å². The molecule has 10 heavy (non-hydrogen) atoms. The molecule has 0 atom stereocenters. The van der Waals surface area contributed by atoms with Crippen LogP contribution in [-0.2, 0) is 0 Å². The molecule has 0 aromatic carbocycles. The zero-order chi connectivity index (χ0) is 7.24. The zero-order valence-electron chi connectivity index (χ0n) is 6.62. The van der Waals surface area contributed by atoms with Crippen LogP contribution in [0.5, 0.6) is 0 Å². The van der Waals surface area contributed by atoms with E-state index in [4.69, 9.17) is 0 Å². The van der Waals surface area contributed by atoms with Crippen LogP contribution in [0.3, 0.4) is 0 Å². The summed E-state index contributed by atoms with van der Waals surface area (Å²) < 4.78 is 0.732. The maximum absolute atomic E-state index is 2.70. The van der Waals surface area contributed by atoms with E-state index in [-0.39, 0.29) is 0 Å². The molecule has 0 amide bonds. The van der Waals surface area contributed by atoms with E-state index >= 15 is 0 Å². The molecule has 0 aliphatic heterocycles. The molecule has 3 fully saturated rings. The minimum atomic E-state index is 0.732. The molecular formula is C9H15I. The first-order valence-electron chi connectivity index (χ1n) is 4.31. The molecule has 0 radical (unpaired) electrons. The lowest BCUT2D eigenvalue weighted by atomic mass is 9.62. The number of halogens is 1. The van der Waals surface area contributed by atoms with Gasteiger partial charge in [-0.15, -0.1) is 0 Å². The SMILES string of the molecule is CC12CCC(I)(CC1)CC2. The van der Waals surface area contributed by atoms with E-state index in [1.165, 1.54) is 38.5 Å². The van der Waals surface area contributed by atoms with Crippen molar-refractivity contribution in [3.63, 3.8) is 0 Å². The molecule has 0 aromatic heterocycles. The summed E-state index contributed by atoms with van der Waals surface area (Å²) in [6.45, 7) is 2.47. The van der Waals surface area contributed by atoms with Gasteiger partial charge >= 0.3 is 0 Å². The van der Waals surface area contributed by atoms with Gasteiger partial charge in [0.05, 0.1) is 0 Å². The fourth-order valence-electron chi connectivity index (χ4n) is 2.33. The molecule has 3 rings (SSSR count). The Hall–Kier alpha value is 0.730. The monoisotopic (exact) mass is 250 g/mol. The topological polar surface area (TPSA) is 0 Å². The summed E-state index contributed by atoms with van der Waals surface area (Å²) in [5.41, 5.74) is 0.757. The highest BCUT2D eigenvalue weighted by atomic mass is 127. The van der Waals surface area contributed by atoms with E-state index in [1.54, 1.807) is 0 Å². The predicted molar refractivity (Wildman–Crippen MR) is 52.6 cm³/mol. The van der Waals surface area contributed by atoms with Crippen LogP contribution in [0.25, 0.3) is 0 Å². The molecule has 3 saturated carbocycles. The summed E-state index contributed by atoms with van der Waals surface area (Å²) in [6.07, 6.45) is 8.96. The Morgan fingerprint density at radius 2 is 1.30 bits per heavy atom. The molecule has 0 heterocycles. The van der Waals surface area contributed by atoms with Crippen molar-refractivity contribution in [1.29, 1.82) is 0 Å². The van der Waals surface area contributed by atoms with E-state index in [9.17, 15) is 0 Å². The Kier molecular flexibility index (Phi) is 1.56. The Morgan fingerprint density at radius 1 is 0.900 bits per heavy atom. The summed E-state index contributed by atoms with van der Waals surface area (Å²) in [6, 6.07) is 0. The van der Waals surface area contributed by atoms with Crippen molar-refractivity contribution in [1.82, 2.24) is 0 Å². The molecule has 0 N–H and O–H groups in total. The summed E-state index contributed by atoms with van der Waals surface area (Å²) >= 11 is 2.70. The predicted octanol–water partition coefficient (Wildman–Crippen LogP) is 3.53. The third-order valence-electron chi connectivity index (χ3n) is 3.53. The van der Waals surface area contributed by atoms with Crippen molar-refractivity contribution >= 4 is 22.6 Å². The van der Waals surface area contributed by atoms with Crippen LogP contribution in [0.1, 0.15) is 45.4 Å². The third-order valence-corrected chi connectivity index (χ3v) is 5.15. The first-order chi connectivity index (χ1) is 4.62. The Morgan fingerprint density at radius 3 is 1.60 bits per heavy atom. The van der Waals surface area contributed by atoms with Gasteiger partial charge in [-0.1, -0.05) is 29.5 Å². The standard InChI is InChI=1S/C9H15I/c1-8-2-5-9(10,6-3-8)7-4-8/h2-7H2,1H3. The van der Waals surface area contributed by atoms with Crippen LogP contribution >= 0.6 is 22.6 Å². The van der Waals surface area contributed by atoms with Gasteiger partial charge in [0.15, 0.2) is 0 Å². The highest BCUT2D eigenvalue weighted by molar-refractivity contribution is 14.1. The van der Waals surface area contributed by atoms with Gasteiger partial charge in [0.25, 0.3) is 0 Å². The van der Waals surface area contributed by atoms with Gasteiger partial charge < -0.3 is 0 Å². The number of hydrogen-bond donors (Lipinski definition) is 0. The molecule has 58 valence electrons. The van der Waals surface area contributed by atoms with Crippen molar-refractivity contribution in [3.8, 4) is 0 Å². The number of rotatable bonds is 0. The van der Waals surface area contributed by atoms with Crippen LogP contribution in [0.2, 0.25) is 0 Å². The second-order valence-electron chi connectivity index (χ2n) is 4.46. The summed E-state index contributed by atoms with van der Waals surface area (Å²) in [7, 11) is 0. The van der Waals surface area contributed by atoms with E-state index in [0.29, 0.717) is 0 Å². The fraction of sp³-hybridized carbons (Fsp3) is 1.00. The summed E-state index contributed by atoms with van der Waals surface area (Å²) in [4.78, 5) is 0. The van der Waals surface area contributed by atoms with E-state index in [1.807, 2.05) is 0 Å². The van der Waals surface area contributed by atoms with Crippen molar-refractivity contribution in [2.75, 3.05) is 0 Å². The first-order valence-corrected chi connectivity index (χ1v) is 5.39. The maximum Gasteiger partial charge on any atom is 0.0223 e. The van der Waals surface area contributed by atoms with Crippen LogP contribution in [0.4, 0.5) is 0 Å². The second-order valence-corrected chi connectivity index (χ2v) is 6.75. The highest BCUT2D eigenvalue weighted by Crippen LogP contribution is 2.55. The van der Waals surface area contributed by atoms with Crippen molar-refractivity contribution in [2.45, 2.75) is 48.9 Å². The molecule has 0 aromatic rings. The highest BCUT2D eigenvalue weighted by Gasteiger charge is 2.44. The third kappa shape index (κ3) is 1.10. The second kappa shape index (κ2) is 2.11. The van der Waals surface area contributed by atoms with Gasteiger partial charge in [-0.25, -0.2) is 0 Å². The maximum atomic E-state index is 2.70. The molecule has 1 heteroatoms. The summed E-state index contributed by atoms with van der Waals surface area (Å²) in [5.74, 6) is 0. The lowest BCUT2D eigenvalue weighted by Crippen LogP contribution is -2.40. The van der Waals surface area contributed by atoms with E-state index in [0.717, 1.165) is 8.84 Å². The minimum absolute atomic E-state index is 0.732.